The summed E-state index contributed by atoms with van der Waals surface area (Å²) < 4.78 is 0. The van der Waals surface area contributed by atoms with Gasteiger partial charge in [-0.05, 0) is 42.5 Å². The van der Waals surface area contributed by atoms with Crippen molar-refractivity contribution in [2.24, 2.45) is 11.7 Å². The van der Waals surface area contributed by atoms with Gasteiger partial charge in [-0.25, -0.2) is 0 Å². The number of nitrogens with zero attached hydrogens (tertiary/aromatic N) is 1. The molecule has 1 aromatic rings. The van der Waals surface area contributed by atoms with Crippen LogP contribution in [0, 0.1) is 5.92 Å². The van der Waals surface area contributed by atoms with Crippen molar-refractivity contribution in [1.29, 1.82) is 0 Å². The highest BCUT2D eigenvalue weighted by atomic mass is 16.3. The van der Waals surface area contributed by atoms with Gasteiger partial charge < -0.3 is 10.8 Å². The number of aromatic hydroxyl groups is 1. The Balaban J connectivity index is 2.12. The monoisotopic (exact) mass is 246 g/mol. The third kappa shape index (κ3) is 2.91. The first-order chi connectivity index (χ1) is 8.72. The standard InChI is InChI=1S/C15H22N2O/c1-11(12-5-3-2-4-6-12)13-9-15(18)14(7-8-16)17-10-13/h9-10,12,18H,1-8,16H2. The Hall–Kier alpha value is -1.35. The third-order valence-electron chi connectivity index (χ3n) is 3.80. The molecule has 0 unspecified atom stereocenters. The number of hydrogen-bond donors (Lipinski definition) is 2. The average molecular weight is 246 g/mol. The molecule has 0 spiro atoms. The van der Waals surface area contributed by atoms with Gasteiger partial charge in [0.1, 0.15) is 5.75 Å². The topological polar surface area (TPSA) is 59.1 Å². The van der Waals surface area contributed by atoms with Crippen molar-refractivity contribution < 1.29 is 5.11 Å². The fraction of sp³-hybridized carbons (Fsp3) is 0.533. The normalized spacial score (nSPS) is 16.7. The van der Waals surface area contributed by atoms with Gasteiger partial charge in [0.15, 0.2) is 0 Å². The maximum absolute atomic E-state index is 9.91. The molecule has 0 atom stereocenters. The van der Waals surface area contributed by atoms with Crippen LogP contribution in [0.2, 0.25) is 0 Å². The van der Waals surface area contributed by atoms with Crippen molar-refractivity contribution >= 4 is 5.57 Å². The van der Waals surface area contributed by atoms with Crippen molar-refractivity contribution in [2.45, 2.75) is 38.5 Å². The summed E-state index contributed by atoms with van der Waals surface area (Å²) in [5, 5.41) is 9.91. The first-order valence-electron chi connectivity index (χ1n) is 6.79. The summed E-state index contributed by atoms with van der Waals surface area (Å²) in [5.41, 5.74) is 8.25. The predicted octanol–water partition coefficient (Wildman–Crippen LogP) is 2.88. The van der Waals surface area contributed by atoms with E-state index in [0.717, 1.165) is 11.1 Å². The summed E-state index contributed by atoms with van der Waals surface area (Å²) in [7, 11) is 0. The molecule has 3 heteroatoms. The molecule has 98 valence electrons. The van der Waals surface area contributed by atoms with E-state index < -0.39 is 0 Å². The van der Waals surface area contributed by atoms with E-state index in [0.29, 0.717) is 24.6 Å². The lowest BCUT2D eigenvalue weighted by Crippen LogP contribution is -2.09. The maximum Gasteiger partial charge on any atom is 0.137 e. The van der Waals surface area contributed by atoms with E-state index in [2.05, 4.69) is 11.6 Å². The molecule has 3 N–H and O–H groups in total. The Kier molecular flexibility index (Phi) is 4.37. The van der Waals surface area contributed by atoms with Gasteiger partial charge in [-0.1, -0.05) is 25.8 Å². The summed E-state index contributed by atoms with van der Waals surface area (Å²) >= 11 is 0. The number of rotatable bonds is 4. The molecule has 1 aliphatic carbocycles. The number of pyridine rings is 1. The fourth-order valence-electron chi connectivity index (χ4n) is 2.67. The van der Waals surface area contributed by atoms with Crippen LogP contribution in [0.25, 0.3) is 5.57 Å². The van der Waals surface area contributed by atoms with E-state index in [1.165, 1.54) is 32.1 Å². The third-order valence-corrected chi connectivity index (χ3v) is 3.80. The van der Waals surface area contributed by atoms with Gasteiger partial charge in [-0.15, -0.1) is 0 Å². The summed E-state index contributed by atoms with van der Waals surface area (Å²) in [6.45, 7) is 4.69. The molecule has 0 aliphatic heterocycles. The molecule has 0 aromatic carbocycles. The highest BCUT2D eigenvalue weighted by Crippen LogP contribution is 2.35. The van der Waals surface area contributed by atoms with Crippen molar-refractivity contribution in [1.82, 2.24) is 4.98 Å². The van der Waals surface area contributed by atoms with Gasteiger partial charge in [-0.2, -0.15) is 0 Å². The second-order valence-electron chi connectivity index (χ2n) is 5.09. The lowest BCUT2D eigenvalue weighted by Gasteiger charge is -2.24. The lowest BCUT2D eigenvalue weighted by atomic mass is 9.82. The Labute approximate surface area is 109 Å². The zero-order valence-electron chi connectivity index (χ0n) is 10.9. The molecule has 2 rings (SSSR count). The highest BCUT2D eigenvalue weighted by molar-refractivity contribution is 5.66. The number of nitrogens with two attached hydrogens (primary N) is 1. The Bertz CT molecular complexity index is 423. The minimum atomic E-state index is 0.245. The van der Waals surface area contributed by atoms with Crippen LogP contribution in [0.3, 0.4) is 0 Å². The first kappa shape index (κ1) is 13.1. The smallest absolute Gasteiger partial charge is 0.137 e. The second kappa shape index (κ2) is 6.01. The van der Waals surface area contributed by atoms with Gasteiger partial charge in [0, 0.05) is 12.6 Å². The van der Waals surface area contributed by atoms with Crippen molar-refractivity contribution in [2.75, 3.05) is 6.54 Å². The highest BCUT2D eigenvalue weighted by Gasteiger charge is 2.18. The van der Waals surface area contributed by atoms with Crippen LogP contribution in [0.5, 0.6) is 5.75 Å². The largest absolute Gasteiger partial charge is 0.506 e. The van der Waals surface area contributed by atoms with Gasteiger partial charge in [0.25, 0.3) is 0 Å². The van der Waals surface area contributed by atoms with Gasteiger partial charge in [-0.3, -0.25) is 4.98 Å². The zero-order valence-corrected chi connectivity index (χ0v) is 10.9. The minimum absolute atomic E-state index is 0.245. The summed E-state index contributed by atoms with van der Waals surface area (Å²) in [6, 6.07) is 1.79. The Morgan fingerprint density at radius 1 is 1.39 bits per heavy atom. The SMILES string of the molecule is C=C(c1cnc(CCN)c(O)c1)C1CCCCC1. The van der Waals surface area contributed by atoms with Crippen LogP contribution < -0.4 is 5.73 Å². The Morgan fingerprint density at radius 3 is 2.72 bits per heavy atom. The van der Waals surface area contributed by atoms with E-state index >= 15 is 0 Å². The average Bonchev–Trinajstić information content (AvgIpc) is 2.41. The van der Waals surface area contributed by atoms with Crippen LogP contribution in [0.1, 0.15) is 43.4 Å². The van der Waals surface area contributed by atoms with E-state index in [-0.39, 0.29) is 5.75 Å². The number of aromatic nitrogens is 1. The molecule has 1 aliphatic rings. The quantitative estimate of drug-likeness (QED) is 0.858. The van der Waals surface area contributed by atoms with Crippen molar-refractivity contribution in [3.05, 3.63) is 30.1 Å². The van der Waals surface area contributed by atoms with Crippen LogP contribution in [0.4, 0.5) is 0 Å². The predicted molar refractivity (Wildman–Crippen MR) is 74.3 cm³/mol. The molecule has 18 heavy (non-hydrogen) atoms. The molecule has 0 amide bonds. The van der Waals surface area contributed by atoms with E-state index in [4.69, 9.17) is 5.73 Å². The molecule has 3 nitrogen and oxygen atoms in total. The molecular formula is C15H22N2O. The van der Waals surface area contributed by atoms with Gasteiger partial charge >= 0.3 is 0 Å². The molecule has 1 aromatic heterocycles. The van der Waals surface area contributed by atoms with Crippen molar-refractivity contribution in [3.8, 4) is 5.75 Å². The van der Waals surface area contributed by atoms with E-state index in [1.54, 1.807) is 6.07 Å². The minimum Gasteiger partial charge on any atom is -0.506 e. The maximum atomic E-state index is 9.91. The molecular weight excluding hydrogens is 224 g/mol. The second-order valence-corrected chi connectivity index (χ2v) is 5.09. The zero-order chi connectivity index (χ0) is 13.0. The van der Waals surface area contributed by atoms with Gasteiger partial charge in [0.05, 0.1) is 5.69 Å². The molecule has 0 bridgehead atoms. The first-order valence-corrected chi connectivity index (χ1v) is 6.79. The fourth-order valence-corrected chi connectivity index (χ4v) is 2.67. The summed E-state index contributed by atoms with van der Waals surface area (Å²) in [4.78, 5) is 4.29. The number of allylic oxidation sites excluding steroid dienone is 1. The lowest BCUT2D eigenvalue weighted by molar-refractivity contribution is 0.429. The number of hydrogen-bond acceptors (Lipinski definition) is 3. The van der Waals surface area contributed by atoms with Crippen LogP contribution in [0.15, 0.2) is 18.8 Å². The van der Waals surface area contributed by atoms with Crippen LogP contribution in [-0.4, -0.2) is 16.6 Å². The molecule has 1 heterocycles. The summed E-state index contributed by atoms with van der Waals surface area (Å²) in [6.07, 6.45) is 8.77. The van der Waals surface area contributed by atoms with Crippen LogP contribution in [-0.2, 0) is 6.42 Å². The van der Waals surface area contributed by atoms with Crippen molar-refractivity contribution in [3.63, 3.8) is 0 Å². The van der Waals surface area contributed by atoms with Gasteiger partial charge in [0.2, 0.25) is 0 Å². The molecule has 1 saturated carbocycles. The van der Waals surface area contributed by atoms with Crippen LogP contribution >= 0.6 is 0 Å². The molecule has 1 fully saturated rings. The van der Waals surface area contributed by atoms with E-state index in [1.807, 2.05) is 6.20 Å². The molecule has 0 radical (unpaired) electrons. The summed E-state index contributed by atoms with van der Waals surface area (Å²) in [5.74, 6) is 0.801. The molecule has 0 saturated heterocycles. The van der Waals surface area contributed by atoms with E-state index in [9.17, 15) is 5.11 Å². The Morgan fingerprint density at radius 2 is 2.11 bits per heavy atom.